The summed E-state index contributed by atoms with van der Waals surface area (Å²) >= 11 is 1.66. The van der Waals surface area contributed by atoms with Crippen LogP contribution in [-0.4, -0.2) is 35.8 Å². The van der Waals surface area contributed by atoms with Crippen LogP contribution >= 0.6 is 11.8 Å². The number of fused-ring (bicyclic) bond motifs is 1. The highest BCUT2D eigenvalue weighted by molar-refractivity contribution is 8.04. The van der Waals surface area contributed by atoms with E-state index in [9.17, 15) is 9.90 Å². The van der Waals surface area contributed by atoms with Crippen LogP contribution in [0.3, 0.4) is 0 Å². The molecule has 0 amide bonds. The molecule has 0 aromatic heterocycles. The number of nitrogens with zero attached hydrogens (tertiary/aromatic N) is 1. The summed E-state index contributed by atoms with van der Waals surface area (Å²) in [4.78, 5) is 17.1. The topological polar surface area (TPSA) is 68.1 Å². The molecule has 140 valence electrons. The first kappa shape index (κ1) is 18.8. The summed E-state index contributed by atoms with van der Waals surface area (Å²) in [5.74, 6) is 0.470. The SMILES string of the molecule is CCOC(=O)C1=C(/N=C/c2cccc(OCC)c2O)SC2CCCCC12. The molecule has 0 saturated heterocycles. The number of para-hydroxylation sites is 1. The fraction of sp³-hybridized carbons (Fsp3) is 0.500. The second-order valence-corrected chi connectivity index (χ2v) is 7.60. The molecule has 5 nitrogen and oxygen atoms in total. The van der Waals surface area contributed by atoms with Crippen LogP contribution in [0.1, 0.15) is 45.1 Å². The maximum atomic E-state index is 12.5. The summed E-state index contributed by atoms with van der Waals surface area (Å²) in [7, 11) is 0. The average Bonchev–Trinajstić information content (AvgIpc) is 3.01. The molecule has 26 heavy (non-hydrogen) atoms. The number of rotatable bonds is 6. The molecule has 0 spiro atoms. The number of phenols is 1. The van der Waals surface area contributed by atoms with Gasteiger partial charge in [-0.1, -0.05) is 18.9 Å². The number of benzene rings is 1. The van der Waals surface area contributed by atoms with Crippen LogP contribution in [0.2, 0.25) is 0 Å². The van der Waals surface area contributed by atoms with Crippen LogP contribution in [-0.2, 0) is 9.53 Å². The molecule has 1 N–H and O–H groups in total. The lowest BCUT2D eigenvalue weighted by atomic mass is 9.84. The van der Waals surface area contributed by atoms with Gasteiger partial charge in [0.1, 0.15) is 5.03 Å². The van der Waals surface area contributed by atoms with Crippen LogP contribution < -0.4 is 4.74 Å². The van der Waals surface area contributed by atoms with Gasteiger partial charge in [0.25, 0.3) is 0 Å². The smallest absolute Gasteiger partial charge is 0.337 e. The van der Waals surface area contributed by atoms with Gasteiger partial charge in [0, 0.05) is 22.9 Å². The van der Waals surface area contributed by atoms with Crippen molar-refractivity contribution in [3.63, 3.8) is 0 Å². The zero-order chi connectivity index (χ0) is 18.5. The van der Waals surface area contributed by atoms with Gasteiger partial charge in [-0.15, -0.1) is 11.8 Å². The second kappa shape index (κ2) is 8.62. The molecule has 1 saturated carbocycles. The Balaban J connectivity index is 1.90. The molecule has 1 fully saturated rings. The number of ether oxygens (including phenoxy) is 2. The molecular formula is C20H25NO4S. The number of carbonyl (C=O) groups is 1. The maximum absolute atomic E-state index is 12.5. The molecule has 2 unspecified atom stereocenters. The molecule has 1 heterocycles. The van der Waals surface area contributed by atoms with Gasteiger partial charge >= 0.3 is 5.97 Å². The molecule has 2 atom stereocenters. The van der Waals surface area contributed by atoms with Gasteiger partial charge in [0.2, 0.25) is 0 Å². The minimum Gasteiger partial charge on any atom is -0.504 e. The minimum atomic E-state index is -0.256. The van der Waals surface area contributed by atoms with E-state index >= 15 is 0 Å². The van der Waals surface area contributed by atoms with Crippen LogP contribution in [0, 0.1) is 5.92 Å². The number of aromatic hydroxyl groups is 1. The Hall–Kier alpha value is -1.95. The lowest BCUT2D eigenvalue weighted by Gasteiger charge is -2.25. The van der Waals surface area contributed by atoms with Gasteiger partial charge in [-0.2, -0.15) is 0 Å². The molecule has 3 rings (SSSR count). The Labute approximate surface area is 158 Å². The van der Waals surface area contributed by atoms with Crippen LogP contribution in [0.4, 0.5) is 0 Å². The summed E-state index contributed by atoms with van der Waals surface area (Å²) in [6.45, 7) is 4.52. The number of esters is 1. The minimum absolute atomic E-state index is 0.0665. The average molecular weight is 375 g/mol. The third-order valence-corrected chi connectivity index (χ3v) is 6.13. The van der Waals surface area contributed by atoms with E-state index in [1.165, 1.54) is 6.42 Å². The zero-order valence-electron chi connectivity index (χ0n) is 15.2. The van der Waals surface area contributed by atoms with E-state index in [-0.39, 0.29) is 17.6 Å². The Kier molecular flexibility index (Phi) is 6.25. The highest BCUT2D eigenvalue weighted by atomic mass is 32.2. The molecular weight excluding hydrogens is 350 g/mol. The molecule has 1 aliphatic carbocycles. The first-order chi connectivity index (χ1) is 12.7. The molecule has 0 radical (unpaired) electrons. The van der Waals surface area contributed by atoms with Crippen LogP contribution in [0.15, 0.2) is 33.8 Å². The van der Waals surface area contributed by atoms with Gasteiger partial charge in [0.15, 0.2) is 11.5 Å². The van der Waals surface area contributed by atoms with Crippen molar-refractivity contribution in [2.24, 2.45) is 10.9 Å². The normalized spacial score (nSPS) is 22.5. The van der Waals surface area contributed by atoms with E-state index in [1.54, 1.807) is 30.1 Å². The van der Waals surface area contributed by atoms with Gasteiger partial charge < -0.3 is 14.6 Å². The number of hydrogen-bond donors (Lipinski definition) is 1. The van der Waals surface area contributed by atoms with Crippen molar-refractivity contribution in [1.82, 2.24) is 0 Å². The monoisotopic (exact) mass is 375 g/mol. The van der Waals surface area contributed by atoms with Crippen molar-refractivity contribution in [2.75, 3.05) is 13.2 Å². The van der Waals surface area contributed by atoms with Crippen molar-refractivity contribution in [2.45, 2.75) is 44.8 Å². The fourth-order valence-corrected chi connectivity index (χ4v) is 5.01. The molecule has 1 aromatic rings. The molecule has 0 bridgehead atoms. The lowest BCUT2D eigenvalue weighted by molar-refractivity contribution is -0.139. The number of carbonyl (C=O) groups excluding carboxylic acids is 1. The van der Waals surface area contributed by atoms with Crippen molar-refractivity contribution in [3.05, 3.63) is 34.4 Å². The fourth-order valence-electron chi connectivity index (χ4n) is 3.52. The van der Waals surface area contributed by atoms with Gasteiger partial charge in [-0.05, 0) is 38.8 Å². The van der Waals surface area contributed by atoms with E-state index in [1.807, 2.05) is 19.9 Å². The standard InChI is InChI=1S/C20H25NO4S/c1-3-24-15-10-7-8-13(18(15)22)12-21-19-17(20(23)25-4-2)14-9-5-6-11-16(14)26-19/h7-8,10,12,14,16,22H,3-6,9,11H2,1-2H3/b21-12+. The summed E-state index contributed by atoms with van der Waals surface area (Å²) in [6.07, 6.45) is 6.05. The predicted octanol–water partition coefficient (Wildman–Crippen LogP) is 4.29. The van der Waals surface area contributed by atoms with Crippen LogP contribution in [0.5, 0.6) is 11.5 Å². The zero-order valence-corrected chi connectivity index (χ0v) is 16.1. The lowest BCUT2D eigenvalue weighted by Crippen LogP contribution is -2.24. The summed E-state index contributed by atoms with van der Waals surface area (Å²) in [5.41, 5.74) is 1.28. The predicted molar refractivity (Wildman–Crippen MR) is 104 cm³/mol. The van der Waals surface area contributed by atoms with Gasteiger partial charge in [-0.3, -0.25) is 0 Å². The van der Waals surface area contributed by atoms with Gasteiger partial charge in [-0.25, -0.2) is 9.79 Å². The number of hydrogen-bond acceptors (Lipinski definition) is 6. The largest absolute Gasteiger partial charge is 0.504 e. The highest BCUT2D eigenvalue weighted by Crippen LogP contribution is 2.49. The number of thioether (sulfide) groups is 1. The van der Waals surface area contributed by atoms with E-state index in [2.05, 4.69) is 4.99 Å². The Morgan fingerprint density at radius 2 is 2.12 bits per heavy atom. The molecule has 1 aromatic carbocycles. The number of phenolic OH excluding ortho intramolecular Hbond substituents is 1. The summed E-state index contributed by atoms with van der Waals surface area (Å²) < 4.78 is 10.7. The van der Waals surface area contributed by atoms with E-state index in [0.29, 0.717) is 35.3 Å². The van der Waals surface area contributed by atoms with Crippen molar-refractivity contribution in [3.8, 4) is 11.5 Å². The third-order valence-electron chi connectivity index (χ3n) is 4.71. The first-order valence-corrected chi connectivity index (χ1v) is 10.1. The molecule has 1 aliphatic heterocycles. The Bertz CT molecular complexity index is 729. The maximum Gasteiger partial charge on any atom is 0.337 e. The highest BCUT2D eigenvalue weighted by Gasteiger charge is 2.41. The second-order valence-electron chi connectivity index (χ2n) is 6.37. The van der Waals surface area contributed by atoms with Crippen LogP contribution in [0.25, 0.3) is 0 Å². The first-order valence-electron chi connectivity index (χ1n) is 9.22. The van der Waals surface area contributed by atoms with E-state index in [0.717, 1.165) is 24.3 Å². The third kappa shape index (κ3) is 3.90. The van der Waals surface area contributed by atoms with E-state index < -0.39 is 0 Å². The number of aliphatic imine (C=N–C) groups is 1. The quantitative estimate of drug-likeness (QED) is 0.593. The summed E-state index contributed by atoms with van der Waals surface area (Å²) in [6, 6.07) is 5.31. The van der Waals surface area contributed by atoms with Crippen molar-refractivity contribution < 1.29 is 19.4 Å². The van der Waals surface area contributed by atoms with Crippen molar-refractivity contribution >= 4 is 23.9 Å². The Morgan fingerprint density at radius 1 is 1.31 bits per heavy atom. The molecule has 2 aliphatic rings. The van der Waals surface area contributed by atoms with E-state index in [4.69, 9.17) is 9.47 Å². The van der Waals surface area contributed by atoms with Gasteiger partial charge in [0.05, 0.1) is 18.8 Å². The Morgan fingerprint density at radius 3 is 2.88 bits per heavy atom. The van der Waals surface area contributed by atoms with Crippen molar-refractivity contribution in [1.29, 1.82) is 0 Å². The summed E-state index contributed by atoms with van der Waals surface area (Å²) in [5, 5.41) is 11.5. The molecule has 6 heteroatoms.